The molecule has 0 saturated carbocycles. The number of methoxy groups -OCH3 is 1. The molecule has 1 aromatic carbocycles. The van der Waals surface area contributed by atoms with Crippen LogP contribution in [0.3, 0.4) is 0 Å². The zero-order valence-electron chi connectivity index (χ0n) is 8.20. The van der Waals surface area contributed by atoms with Crippen LogP contribution in [0.15, 0.2) is 12.1 Å². The van der Waals surface area contributed by atoms with Gasteiger partial charge in [0.1, 0.15) is 11.6 Å². The molecule has 0 unspecified atom stereocenters. The Hall–Kier alpha value is -1.91. The third-order valence-electron chi connectivity index (χ3n) is 2.00. The minimum atomic E-state index is -1.64. The molecule has 0 aliphatic carbocycles. The number of halogens is 1. The first kappa shape index (κ1) is 11.2. The van der Waals surface area contributed by atoms with E-state index in [9.17, 15) is 14.0 Å². The number of hydrogen-bond donors (Lipinski definition) is 1. The Kier molecular flexibility index (Phi) is 3.04. The summed E-state index contributed by atoms with van der Waals surface area (Å²) >= 11 is 0. The predicted molar refractivity (Wildman–Crippen MR) is 49.7 cm³/mol. The van der Waals surface area contributed by atoms with E-state index in [0.29, 0.717) is 0 Å². The minimum Gasteiger partial charge on any atom is -0.496 e. The normalized spacial score (nSPS) is 9.80. The molecule has 0 radical (unpaired) electrons. The number of carboxylic acids is 1. The topological polar surface area (TPSA) is 63.6 Å². The van der Waals surface area contributed by atoms with Crippen LogP contribution < -0.4 is 4.74 Å². The molecule has 0 heterocycles. The first-order valence-corrected chi connectivity index (χ1v) is 4.09. The van der Waals surface area contributed by atoms with Crippen molar-refractivity contribution in [2.45, 2.75) is 6.92 Å². The van der Waals surface area contributed by atoms with Gasteiger partial charge in [-0.3, -0.25) is 4.79 Å². The van der Waals surface area contributed by atoms with E-state index in [4.69, 9.17) is 9.84 Å². The molecule has 0 saturated heterocycles. The predicted octanol–water partition coefficient (Wildman–Crippen LogP) is 1.41. The van der Waals surface area contributed by atoms with Gasteiger partial charge < -0.3 is 9.84 Å². The largest absolute Gasteiger partial charge is 0.496 e. The number of ether oxygens (including phenoxy) is 1. The lowest BCUT2D eigenvalue weighted by Gasteiger charge is -2.08. The van der Waals surface area contributed by atoms with E-state index in [-0.39, 0.29) is 16.9 Å². The molecule has 0 amide bonds. The van der Waals surface area contributed by atoms with Gasteiger partial charge in [-0.25, -0.2) is 9.18 Å². The van der Waals surface area contributed by atoms with E-state index in [1.54, 1.807) is 0 Å². The van der Waals surface area contributed by atoms with Gasteiger partial charge in [0.25, 0.3) is 5.78 Å². The maximum absolute atomic E-state index is 13.1. The molecule has 80 valence electrons. The number of Topliss-reactive ketones (excluding diaryl/α,β-unsaturated/α-hetero) is 1. The van der Waals surface area contributed by atoms with Crippen molar-refractivity contribution < 1.29 is 23.8 Å². The van der Waals surface area contributed by atoms with Crippen LogP contribution in [0, 0.1) is 12.7 Å². The van der Waals surface area contributed by atoms with Crippen LogP contribution in [0.25, 0.3) is 0 Å². The maximum Gasteiger partial charge on any atom is 0.377 e. The smallest absolute Gasteiger partial charge is 0.377 e. The van der Waals surface area contributed by atoms with Crippen molar-refractivity contribution in [1.29, 1.82) is 0 Å². The molecule has 1 N–H and O–H groups in total. The first-order valence-electron chi connectivity index (χ1n) is 4.09. The van der Waals surface area contributed by atoms with Gasteiger partial charge >= 0.3 is 5.97 Å². The molecule has 1 rings (SSSR count). The lowest BCUT2D eigenvalue weighted by molar-refractivity contribution is -0.131. The summed E-state index contributed by atoms with van der Waals surface area (Å²) in [4.78, 5) is 21.8. The summed E-state index contributed by atoms with van der Waals surface area (Å²) in [5, 5.41) is 8.54. The fraction of sp³-hybridized carbons (Fsp3) is 0.200. The Balaban J connectivity index is 3.42. The average molecular weight is 212 g/mol. The number of rotatable bonds is 3. The number of carbonyl (C=O) groups is 2. The van der Waals surface area contributed by atoms with Crippen LogP contribution in [-0.4, -0.2) is 24.0 Å². The van der Waals surface area contributed by atoms with Crippen LogP contribution in [-0.2, 0) is 4.79 Å². The number of carboxylic acid groups (broad SMARTS) is 1. The summed E-state index contributed by atoms with van der Waals surface area (Å²) in [5.74, 6) is -3.40. The van der Waals surface area contributed by atoms with Crippen molar-refractivity contribution in [3.8, 4) is 5.75 Å². The molecule has 15 heavy (non-hydrogen) atoms. The Morgan fingerprint density at radius 2 is 2.00 bits per heavy atom. The molecule has 0 fully saturated rings. The van der Waals surface area contributed by atoms with Gasteiger partial charge in [0.05, 0.1) is 12.7 Å². The number of benzene rings is 1. The van der Waals surface area contributed by atoms with Crippen molar-refractivity contribution in [3.05, 3.63) is 29.1 Å². The molecule has 0 aliphatic rings. The molecule has 0 aliphatic heterocycles. The Morgan fingerprint density at radius 1 is 1.40 bits per heavy atom. The molecule has 0 aromatic heterocycles. The number of ketones is 1. The van der Waals surface area contributed by atoms with Crippen molar-refractivity contribution in [3.63, 3.8) is 0 Å². The van der Waals surface area contributed by atoms with Gasteiger partial charge in [-0.05, 0) is 24.6 Å². The summed E-state index contributed by atoms with van der Waals surface area (Å²) in [7, 11) is 1.28. The fourth-order valence-corrected chi connectivity index (χ4v) is 1.22. The van der Waals surface area contributed by atoms with Crippen molar-refractivity contribution in [1.82, 2.24) is 0 Å². The first-order chi connectivity index (χ1) is 6.99. The van der Waals surface area contributed by atoms with E-state index >= 15 is 0 Å². The lowest BCUT2D eigenvalue weighted by Crippen LogP contribution is -2.16. The Bertz CT molecular complexity index is 426. The standard InChI is InChI=1S/C10H9FO4/c1-5-6(11)3-4-7(15-2)8(5)9(12)10(13)14/h3-4H,1-2H3,(H,13,14). The van der Waals surface area contributed by atoms with Crippen LogP contribution in [0.1, 0.15) is 15.9 Å². The highest BCUT2D eigenvalue weighted by atomic mass is 19.1. The van der Waals surface area contributed by atoms with Gasteiger partial charge in [0.2, 0.25) is 0 Å². The van der Waals surface area contributed by atoms with E-state index in [2.05, 4.69) is 0 Å². The summed E-state index contributed by atoms with van der Waals surface area (Å²) in [6.45, 7) is 1.33. The summed E-state index contributed by atoms with van der Waals surface area (Å²) in [6, 6.07) is 2.34. The van der Waals surface area contributed by atoms with Crippen LogP contribution >= 0.6 is 0 Å². The van der Waals surface area contributed by atoms with Gasteiger partial charge in [0, 0.05) is 0 Å². The zero-order valence-corrected chi connectivity index (χ0v) is 8.20. The van der Waals surface area contributed by atoms with Gasteiger partial charge in [0.15, 0.2) is 0 Å². The third-order valence-corrected chi connectivity index (χ3v) is 2.00. The third kappa shape index (κ3) is 1.96. The van der Waals surface area contributed by atoms with E-state index < -0.39 is 17.6 Å². The molecular weight excluding hydrogens is 203 g/mol. The number of carbonyl (C=O) groups excluding carboxylic acids is 1. The summed E-state index contributed by atoms with van der Waals surface area (Å²) in [5.41, 5.74) is -0.272. The number of hydrogen-bond acceptors (Lipinski definition) is 3. The molecule has 0 spiro atoms. The molecule has 0 bridgehead atoms. The van der Waals surface area contributed by atoms with Gasteiger partial charge in [-0.2, -0.15) is 0 Å². The fourth-order valence-electron chi connectivity index (χ4n) is 1.22. The van der Waals surface area contributed by atoms with E-state index in [1.807, 2.05) is 0 Å². The Morgan fingerprint density at radius 3 is 2.47 bits per heavy atom. The van der Waals surface area contributed by atoms with Crippen LogP contribution in [0.5, 0.6) is 5.75 Å². The highest BCUT2D eigenvalue weighted by molar-refractivity contribution is 6.40. The Labute approximate surface area is 85.3 Å². The molecule has 0 atom stereocenters. The highest BCUT2D eigenvalue weighted by Gasteiger charge is 2.23. The van der Waals surface area contributed by atoms with E-state index in [0.717, 1.165) is 6.07 Å². The quantitative estimate of drug-likeness (QED) is 0.607. The van der Waals surface area contributed by atoms with E-state index in [1.165, 1.54) is 20.1 Å². The second kappa shape index (κ2) is 4.08. The maximum atomic E-state index is 13.1. The highest BCUT2D eigenvalue weighted by Crippen LogP contribution is 2.24. The SMILES string of the molecule is COc1ccc(F)c(C)c1C(=O)C(=O)O. The second-order valence-electron chi connectivity index (χ2n) is 2.88. The van der Waals surface area contributed by atoms with Crippen molar-refractivity contribution in [2.75, 3.05) is 7.11 Å². The zero-order chi connectivity index (χ0) is 11.6. The van der Waals surface area contributed by atoms with Crippen molar-refractivity contribution >= 4 is 11.8 Å². The van der Waals surface area contributed by atoms with Crippen LogP contribution in [0.2, 0.25) is 0 Å². The van der Waals surface area contributed by atoms with Crippen LogP contribution in [0.4, 0.5) is 4.39 Å². The number of aliphatic carboxylic acids is 1. The molecule has 1 aromatic rings. The second-order valence-corrected chi connectivity index (χ2v) is 2.88. The average Bonchev–Trinajstić information content (AvgIpc) is 2.20. The lowest BCUT2D eigenvalue weighted by atomic mass is 10.0. The minimum absolute atomic E-state index is 0.0262. The molecule has 4 nitrogen and oxygen atoms in total. The van der Waals surface area contributed by atoms with Gasteiger partial charge in [-0.1, -0.05) is 0 Å². The van der Waals surface area contributed by atoms with Gasteiger partial charge in [-0.15, -0.1) is 0 Å². The summed E-state index contributed by atoms with van der Waals surface area (Å²) in [6.07, 6.45) is 0. The summed E-state index contributed by atoms with van der Waals surface area (Å²) < 4.78 is 17.9. The molecule has 5 heteroatoms. The van der Waals surface area contributed by atoms with Crippen molar-refractivity contribution in [2.24, 2.45) is 0 Å². The monoisotopic (exact) mass is 212 g/mol. The molecular formula is C10H9FO4.